The van der Waals surface area contributed by atoms with Gasteiger partial charge in [-0.2, -0.15) is 0 Å². The maximum atomic E-state index is 12.8. The second-order valence-corrected chi connectivity index (χ2v) is 6.41. The van der Waals surface area contributed by atoms with Gasteiger partial charge in [-0.1, -0.05) is 34.1 Å². The monoisotopic (exact) mass is 394 g/mol. The molecule has 0 aliphatic rings. The van der Waals surface area contributed by atoms with Crippen LogP contribution in [0.15, 0.2) is 28.7 Å². The fourth-order valence-corrected chi connectivity index (χ4v) is 2.70. The van der Waals surface area contributed by atoms with E-state index in [4.69, 9.17) is 5.11 Å². The number of rotatable bonds is 6. The lowest BCUT2D eigenvalue weighted by molar-refractivity contribution is -0.138. The fourth-order valence-electron chi connectivity index (χ4n) is 2.31. The number of hydrogen-bond acceptors (Lipinski definition) is 4. The summed E-state index contributed by atoms with van der Waals surface area (Å²) in [6.07, 6.45) is 0.651. The lowest BCUT2D eigenvalue weighted by atomic mass is 10.2. The van der Waals surface area contributed by atoms with Crippen LogP contribution in [0.3, 0.4) is 0 Å². The van der Waals surface area contributed by atoms with E-state index in [1.165, 1.54) is 4.90 Å². The molecule has 0 spiro atoms. The maximum absolute atomic E-state index is 12.8. The van der Waals surface area contributed by atoms with Crippen LogP contribution in [0.25, 0.3) is 5.69 Å². The first kappa shape index (κ1) is 18.1. The summed E-state index contributed by atoms with van der Waals surface area (Å²) in [6.45, 7) is 5.09. The van der Waals surface area contributed by atoms with E-state index < -0.39 is 11.9 Å². The summed E-state index contributed by atoms with van der Waals surface area (Å²) in [7, 11) is 0. The van der Waals surface area contributed by atoms with Crippen LogP contribution >= 0.6 is 15.9 Å². The summed E-state index contributed by atoms with van der Waals surface area (Å²) in [5.74, 6) is -1.48. The molecule has 1 heterocycles. The molecule has 2 rings (SSSR count). The first-order valence-corrected chi connectivity index (χ1v) is 8.35. The van der Waals surface area contributed by atoms with E-state index in [2.05, 4.69) is 26.2 Å². The number of amides is 1. The Morgan fingerprint density at radius 2 is 2.12 bits per heavy atom. The van der Waals surface area contributed by atoms with E-state index in [1.807, 2.05) is 38.1 Å². The number of halogens is 1. The van der Waals surface area contributed by atoms with Crippen LogP contribution in [0.5, 0.6) is 0 Å². The van der Waals surface area contributed by atoms with Crippen LogP contribution in [-0.4, -0.2) is 49.5 Å². The van der Waals surface area contributed by atoms with Gasteiger partial charge in [-0.05, 0) is 38.5 Å². The molecule has 0 saturated carbocycles. The zero-order valence-corrected chi connectivity index (χ0v) is 15.3. The number of nitrogens with zero attached hydrogens (tertiary/aromatic N) is 4. The summed E-state index contributed by atoms with van der Waals surface area (Å²) in [5, 5.41) is 17.1. The van der Waals surface area contributed by atoms with Gasteiger partial charge in [-0.3, -0.25) is 9.59 Å². The topological polar surface area (TPSA) is 88.3 Å². The predicted molar refractivity (Wildman–Crippen MR) is 92.2 cm³/mol. The Labute approximate surface area is 148 Å². The molecule has 1 aromatic heterocycles. The molecule has 7 nitrogen and oxygen atoms in total. The van der Waals surface area contributed by atoms with Crippen molar-refractivity contribution in [1.82, 2.24) is 19.9 Å². The van der Waals surface area contributed by atoms with Gasteiger partial charge in [0.1, 0.15) is 6.54 Å². The van der Waals surface area contributed by atoms with Crippen molar-refractivity contribution >= 4 is 27.8 Å². The maximum Gasteiger partial charge on any atom is 0.323 e. The van der Waals surface area contributed by atoms with Crippen molar-refractivity contribution in [2.45, 2.75) is 33.2 Å². The molecule has 24 heavy (non-hydrogen) atoms. The molecule has 8 heteroatoms. The summed E-state index contributed by atoms with van der Waals surface area (Å²) in [4.78, 5) is 25.1. The fraction of sp³-hybridized carbons (Fsp3) is 0.375. The van der Waals surface area contributed by atoms with Crippen molar-refractivity contribution < 1.29 is 14.7 Å². The minimum atomic E-state index is -1.05. The van der Waals surface area contributed by atoms with E-state index >= 15 is 0 Å². The van der Waals surface area contributed by atoms with Crippen LogP contribution in [0.4, 0.5) is 0 Å². The molecule has 128 valence electrons. The van der Waals surface area contributed by atoms with Gasteiger partial charge in [-0.15, -0.1) is 5.10 Å². The Hall–Kier alpha value is -2.22. The quantitative estimate of drug-likeness (QED) is 0.813. The average Bonchev–Trinajstić information content (AvgIpc) is 2.92. The summed E-state index contributed by atoms with van der Waals surface area (Å²) in [6, 6.07) is 7.25. The van der Waals surface area contributed by atoms with Gasteiger partial charge in [0.15, 0.2) is 5.69 Å². The van der Waals surface area contributed by atoms with Crippen molar-refractivity contribution in [3.8, 4) is 5.69 Å². The molecular weight excluding hydrogens is 376 g/mol. The van der Waals surface area contributed by atoms with E-state index in [0.717, 1.165) is 10.2 Å². The number of carbonyl (C=O) groups excluding carboxylic acids is 1. The normalized spacial score (nSPS) is 12.0. The SMILES string of the molecule is CCC(C)N(CC(=O)O)C(=O)c1nnn(-c2cccc(Br)c2)c1C. The third-order valence-electron chi connectivity index (χ3n) is 3.84. The Balaban J connectivity index is 2.38. The zero-order chi connectivity index (χ0) is 17.9. The van der Waals surface area contributed by atoms with Crippen LogP contribution in [0.1, 0.15) is 36.5 Å². The third kappa shape index (κ3) is 3.81. The second kappa shape index (κ2) is 7.57. The Morgan fingerprint density at radius 3 is 2.71 bits per heavy atom. The molecule has 1 amide bonds. The van der Waals surface area contributed by atoms with Crippen molar-refractivity contribution in [3.63, 3.8) is 0 Å². The van der Waals surface area contributed by atoms with E-state index in [1.54, 1.807) is 11.6 Å². The van der Waals surface area contributed by atoms with Gasteiger partial charge in [-0.25, -0.2) is 4.68 Å². The van der Waals surface area contributed by atoms with Crippen LogP contribution in [0, 0.1) is 6.92 Å². The molecule has 0 bridgehead atoms. The van der Waals surface area contributed by atoms with Crippen molar-refractivity contribution in [1.29, 1.82) is 0 Å². The highest BCUT2D eigenvalue weighted by Gasteiger charge is 2.27. The number of hydrogen-bond donors (Lipinski definition) is 1. The largest absolute Gasteiger partial charge is 0.480 e. The minimum absolute atomic E-state index is 0.163. The molecule has 2 aromatic rings. The smallest absolute Gasteiger partial charge is 0.323 e. The molecule has 1 N–H and O–H groups in total. The molecule has 0 fully saturated rings. The number of carbonyl (C=O) groups is 2. The Bertz CT molecular complexity index is 760. The Morgan fingerprint density at radius 1 is 1.42 bits per heavy atom. The molecule has 1 unspecified atom stereocenters. The molecule has 0 aliphatic heterocycles. The van der Waals surface area contributed by atoms with Gasteiger partial charge in [0.25, 0.3) is 5.91 Å². The number of carboxylic acids is 1. The number of aliphatic carboxylic acids is 1. The average molecular weight is 395 g/mol. The van der Waals surface area contributed by atoms with Gasteiger partial charge in [0.2, 0.25) is 0 Å². The lowest BCUT2D eigenvalue weighted by Crippen LogP contribution is -2.42. The van der Waals surface area contributed by atoms with Gasteiger partial charge >= 0.3 is 5.97 Å². The van der Waals surface area contributed by atoms with Gasteiger partial charge < -0.3 is 10.0 Å². The lowest BCUT2D eigenvalue weighted by Gasteiger charge is -2.26. The zero-order valence-electron chi connectivity index (χ0n) is 13.7. The van der Waals surface area contributed by atoms with E-state index in [9.17, 15) is 9.59 Å². The number of benzene rings is 1. The van der Waals surface area contributed by atoms with Crippen molar-refractivity contribution in [3.05, 3.63) is 40.1 Å². The van der Waals surface area contributed by atoms with E-state index in [-0.39, 0.29) is 18.3 Å². The van der Waals surface area contributed by atoms with Crippen molar-refractivity contribution in [2.24, 2.45) is 0 Å². The summed E-state index contributed by atoms with van der Waals surface area (Å²) < 4.78 is 2.45. The third-order valence-corrected chi connectivity index (χ3v) is 4.33. The van der Waals surface area contributed by atoms with Crippen LogP contribution in [-0.2, 0) is 4.79 Å². The molecule has 0 saturated heterocycles. The molecular formula is C16H19BrN4O3. The highest BCUT2D eigenvalue weighted by atomic mass is 79.9. The molecule has 0 aliphatic carbocycles. The highest BCUT2D eigenvalue weighted by Crippen LogP contribution is 2.19. The first-order chi connectivity index (χ1) is 11.3. The van der Waals surface area contributed by atoms with Gasteiger partial charge in [0.05, 0.1) is 11.4 Å². The first-order valence-electron chi connectivity index (χ1n) is 7.56. The second-order valence-electron chi connectivity index (χ2n) is 5.50. The number of aromatic nitrogens is 3. The summed E-state index contributed by atoms with van der Waals surface area (Å²) in [5.41, 5.74) is 1.50. The molecule has 1 atom stereocenters. The van der Waals surface area contributed by atoms with E-state index in [0.29, 0.717) is 12.1 Å². The summed E-state index contributed by atoms with van der Waals surface area (Å²) >= 11 is 3.40. The van der Waals surface area contributed by atoms with Crippen molar-refractivity contribution in [2.75, 3.05) is 6.54 Å². The molecule has 0 radical (unpaired) electrons. The Kier molecular flexibility index (Phi) is 5.71. The molecule has 1 aromatic carbocycles. The standard InChI is InChI=1S/C16H19BrN4O3/c1-4-10(2)20(9-14(22)23)16(24)15-11(3)21(19-18-15)13-7-5-6-12(17)8-13/h5-8,10H,4,9H2,1-3H3,(H,22,23). The predicted octanol–water partition coefficient (Wildman–Crippen LogP) is 2.66. The van der Waals surface area contributed by atoms with Crippen LogP contribution in [0.2, 0.25) is 0 Å². The number of carboxylic acid groups (broad SMARTS) is 1. The highest BCUT2D eigenvalue weighted by molar-refractivity contribution is 9.10. The minimum Gasteiger partial charge on any atom is -0.480 e. The van der Waals surface area contributed by atoms with Crippen LogP contribution < -0.4 is 0 Å². The van der Waals surface area contributed by atoms with Gasteiger partial charge in [0, 0.05) is 10.5 Å².